The van der Waals surface area contributed by atoms with Gasteiger partial charge in [0, 0.05) is 12.6 Å². The maximum Gasteiger partial charge on any atom is 0.264 e. The SMILES string of the molecule is Cc1cc(NC(=O)c2ccccc2Cl)sc1C(=O)N(Cc1ccc(F)cc1)C1CC1. The topological polar surface area (TPSA) is 49.4 Å². The summed E-state index contributed by atoms with van der Waals surface area (Å²) in [6, 6.07) is 15.0. The maximum atomic E-state index is 13.3. The summed E-state index contributed by atoms with van der Waals surface area (Å²) in [5.41, 5.74) is 2.08. The number of nitrogens with zero attached hydrogens (tertiary/aromatic N) is 1. The summed E-state index contributed by atoms with van der Waals surface area (Å²) >= 11 is 7.36. The van der Waals surface area contributed by atoms with Gasteiger partial charge in [0.2, 0.25) is 0 Å². The number of anilines is 1. The van der Waals surface area contributed by atoms with Crippen LogP contribution in [0.2, 0.25) is 5.02 Å². The predicted molar refractivity (Wildman–Crippen MR) is 118 cm³/mol. The molecule has 0 unspecified atom stereocenters. The van der Waals surface area contributed by atoms with Gasteiger partial charge in [-0.15, -0.1) is 11.3 Å². The number of halogens is 2. The van der Waals surface area contributed by atoms with E-state index < -0.39 is 0 Å². The van der Waals surface area contributed by atoms with Crippen LogP contribution in [-0.4, -0.2) is 22.8 Å². The highest BCUT2D eigenvalue weighted by atomic mass is 35.5. The molecule has 3 aromatic rings. The van der Waals surface area contributed by atoms with Gasteiger partial charge in [-0.3, -0.25) is 9.59 Å². The molecule has 1 saturated carbocycles. The third-order valence-electron chi connectivity index (χ3n) is 4.98. The normalized spacial score (nSPS) is 13.2. The molecule has 4 rings (SSSR count). The van der Waals surface area contributed by atoms with Gasteiger partial charge in [-0.1, -0.05) is 35.9 Å². The molecule has 0 aliphatic heterocycles. The van der Waals surface area contributed by atoms with Gasteiger partial charge < -0.3 is 10.2 Å². The summed E-state index contributed by atoms with van der Waals surface area (Å²) in [7, 11) is 0. The molecule has 1 fully saturated rings. The molecule has 0 atom stereocenters. The third kappa shape index (κ3) is 4.55. The quantitative estimate of drug-likeness (QED) is 0.516. The maximum absolute atomic E-state index is 13.3. The summed E-state index contributed by atoms with van der Waals surface area (Å²) < 4.78 is 13.2. The number of benzene rings is 2. The lowest BCUT2D eigenvalue weighted by Gasteiger charge is -2.22. The van der Waals surface area contributed by atoms with Crippen LogP contribution in [0, 0.1) is 12.7 Å². The summed E-state index contributed by atoms with van der Waals surface area (Å²) in [6.07, 6.45) is 1.93. The second-order valence-corrected chi connectivity index (χ2v) is 8.81. The number of carbonyl (C=O) groups is 2. The first kappa shape index (κ1) is 20.6. The van der Waals surface area contributed by atoms with E-state index in [-0.39, 0.29) is 23.7 Å². The van der Waals surface area contributed by atoms with Crippen LogP contribution >= 0.6 is 22.9 Å². The Hall–Kier alpha value is -2.70. The van der Waals surface area contributed by atoms with E-state index >= 15 is 0 Å². The molecule has 1 heterocycles. The van der Waals surface area contributed by atoms with Crippen molar-refractivity contribution in [2.75, 3.05) is 5.32 Å². The predicted octanol–water partition coefficient (Wildman–Crippen LogP) is 5.91. The average molecular weight is 443 g/mol. The van der Waals surface area contributed by atoms with Crippen molar-refractivity contribution >= 4 is 39.8 Å². The number of hydrogen-bond acceptors (Lipinski definition) is 3. The molecule has 1 aliphatic carbocycles. The highest BCUT2D eigenvalue weighted by Crippen LogP contribution is 2.34. The summed E-state index contributed by atoms with van der Waals surface area (Å²) in [6.45, 7) is 2.29. The zero-order valence-electron chi connectivity index (χ0n) is 16.3. The lowest BCUT2D eigenvalue weighted by atomic mass is 10.2. The van der Waals surface area contributed by atoms with E-state index in [4.69, 9.17) is 11.6 Å². The van der Waals surface area contributed by atoms with Crippen LogP contribution in [0.4, 0.5) is 9.39 Å². The Morgan fingerprint density at radius 2 is 1.87 bits per heavy atom. The van der Waals surface area contributed by atoms with Crippen LogP contribution in [-0.2, 0) is 6.54 Å². The van der Waals surface area contributed by atoms with Crippen molar-refractivity contribution in [2.45, 2.75) is 32.4 Å². The van der Waals surface area contributed by atoms with Crippen molar-refractivity contribution in [3.05, 3.63) is 87.0 Å². The Balaban J connectivity index is 1.52. The van der Waals surface area contributed by atoms with Crippen molar-refractivity contribution in [3.8, 4) is 0 Å². The number of rotatable bonds is 6. The number of carbonyl (C=O) groups excluding carboxylic acids is 2. The first-order valence-corrected chi connectivity index (χ1v) is 10.8. The minimum atomic E-state index is -0.314. The van der Waals surface area contributed by atoms with Crippen molar-refractivity contribution in [2.24, 2.45) is 0 Å². The number of aryl methyl sites for hydroxylation is 1. The molecule has 30 heavy (non-hydrogen) atoms. The van der Waals surface area contributed by atoms with Gasteiger partial charge >= 0.3 is 0 Å². The lowest BCUT2D eigenvalue weighted by Crippen LogP contribution is -2.32. The fourth-order valence-corrected chi connectivity index (χ4v) is 4.50. The summed E-state index contributed by atoms with van der Waals surface area (Å²) in [4.78, 5) is 28.2. The fourth-order valence-electron chi connectivity index (χ4n) is 3.25. The van der Waals surface area contributed by atoms with E-state index in [1.54, 1.807) is 42.5 Å². The van der Waals surface area contributed by atoms with Gasteiger partial charge in [0.1, 0.15) is 5.82 Å². The third-order valence-corrected chi connectivity index (χ3v) is 6.45. The molecule has 1 N–H and O–H groups in total. The Labute approximate surface area is 183 Å². The van der Waals surface area contributed by atoms with Gasteiger partial charge in [0.15, 0.2) is 0 Å². The van der Waals surface area contributed by atoms with E-state index in [0.29, 0.717) is 27.0 Å². The van der Waals surface area contributed by atoms with Gasteiger partial charge in [-0.2, -0.15) is 0 Å². The van der Waals surface area contributed by atoms with E-state index in [2.05, 4.69) is 5.32 Å². The van der Waals surface area contributed by atoms with Crippen LogP contribution in [0.3, 0.4) is 0 Å². The van der Waals surface area contributed by atoms with E-state index in [0.717, 1.165) is 24.0 Å². The smallest absolute Gasteiger partial charge is 0.264 e. The molecule has 0 radical (unpaired) electrons. The summed E-state index contributed by atoms with van der Waals surface area (Å²) in [5, 5.41) is 3.81. The minimum absolute atomic E-state index is 0.0671. The number of thiophene rings is 1. The first-order chi connectivity index (χ1) is 14.4. The molecule has 7 heteroatoms. The summed E-state index contributed by atoms with van der Waals surface area (Å²) in [5.74, 6) is -0.676. The van der Waals surface area contributed by atoms with Gasteiger partial charge in [0.25, 0.3) is 11.8 Å². The number of nitrogens with one attached hydrogen (secondary N) is 1. The molecular weight excluding hydrogens is 423 g/mol. The fraction of sp³-hybridized carbons (Fsp3) is 0.217. The van der Waals surface area contributed by atoms with Crippen LogP contribution in [0.1, 0.15) is 44.0 Å². The Morgan fingerprint density at radius 1 is 1.17 bits per heavy atom. The van der Waals surface area contributed by atoms with Crippen molar-refractivity contribution in [3.63, 3.8) is 0 Å². The minimum Gasteiger partial charge on any atom is -0.331 e. The van der Waals surface area contributed by atoms with Crippen LogP contribution in [0.15, 0.2) is 54.6 Å². The molecule has 1 aliphatic rings. The highest BCUT2D eigenvalue weighted by molar-refractivity contribution is 7.18. The standard InChI is InChI=1S/C23H20ClFN2O2S/c1-14-12-20(26-22(28)18-4-2-3-5-19(18)24)30-21(14)23(29)27(17-10-11-17)13-15-6-8-16(25)9-7-15/h2-9,12,17H,10-11,13H2,1H3,(H,26,28). The zero-order valence-corrected chi connectivity index (χ0v) is 17.9. The van der Waals surface area contributed by atoms with Crippen LogP contribution in [0.5, 0.6) is 0 Å². The Bertz CT molecular complexity index is 1090. The second kappa shape index (κ2) is 8.58. The molecular formula is C23H20ClFN2O2S. The molecule has 0 bridgehead atoms. The molecule has 154 valence electrons. The first-order valence-electron chi connectivity index (χ1n) is 9.64. The second-order valence-electron chi connectivity index (χ2n) is 7.35. The van der Waals surface area contributed by atoms with E-state index in [9.17, 15) is 14.0 Å². The van der Waals surface area contributed by atoms with E-state index in [1.807, 2.05) is 11.8 Å². The zero-order chi connectivity index (χ0) is 21.3. The molecule has 2 amide bonds. The number of amides is 2. The van der Waals surface area contributed by atoms with Crippen molar-refractivity contribution < 1.29 is 14.0 Å². The highest BCUT2D eigenvalue weighted by Gasteiger charge is 2.34. The van der Waals surface area contributed by atoms with E-state index in [1.165, 1.54) is 23.5 Å². The molecule has 2 aromatic carbocycles. The van der Waals surface area contributed by atoms with Gasteiger partial charge in [-0.05, 0) is 61.2 Å². The monoisotopic (exact) mass is 442 g/mol. The molecule has 0 spiro atoms. The molecule has 1 aromatic heterocycles. The lowest BCUT2D eigenvalue weighted by molar-refractivity contribution is 0.0734. The van der Waals surface area contributed by atoms with Crippen LogP contribution < -0.4 is 5.32 Å². The largest absolute Gasteiger partial charge is 0.331 e. The van der Waals surface area contributed by atoms with Crippen molar-refractivity contribution in [1.82, 2.24) is 4.90 Å². The van der Waals surface area contributed by atoms with Crippen molar-refractivity contribution in [1.29, 1.82) is 0 Å². The molecule has 0 saturated heterocycles. The average Bonchev–Trinajstić information content (AvgIpc) is 3.50. The number of hydrogen-bond donors (Lipinski definition) is 1. The van der Waals surface area contributed by atoms with Crippen LogP contribution in [0.25, 0.3) is 0 Å². The van der Waals surface area contributed by atoms with Gasteiger partial charge in [-0.25, -0.2) is 4.39 Å². The Morgan fingerprint density at radius 3 is 2.53 bits per heavy atom. The van der Waals surface area contributed by atoms with Gasteiger partial charge in [0.05, 0.1) is 20.5 Å². The Kier molecular flexibility index (Phi) is 5.88. The molecule has 4 nitrogen and oxygen atoms in total.